The van der Waals surface area contributed by atoms with Gasteiger partial charge in [-0.1, -0.05) is 30.3 Å². The monoisotopic (exact) mass is 254 g/mol. The van der Waals surface area contributed by atoms with Gasteiger partial charge >= 0.3 is 0 Å². The van der Waals surface area contributed by atoms with Crippen LogP contribution in [-0.2, 0) is 6.54 Å². The number of H-pyrrole nitrogens is 1. The molecule has 94 valence electrons. The van der Waals surface area contributed by atoms with E-state index in [1.807, 2.05) is 30.3 Å². The van der Waals surface area contributed by atoms with Crippen LogP contribution in [0.4, 0.5) is 0 Å². The number of benzene rings is 1. The topological polar surface area (TPSA) is 80.6 Å². The Morgan fingerprint density at radius 3 is 2.74 bits per heavy atom. The van der Waals surface area contributed by atoms with Crippen molar-refractivity contribution < 1.29 is 0 Å². The predicted molar refractivity (Wildman–Crippen MR) is 70.0 cm³/mol. The molecule has 2 heterocycles. The van der Waals surface area contributed by atoms with Crippen molar-refractivity contribution in [3.8, 4) is 0 Å². The van der Waals surface area contributed by atoms with Gasteiger partial charge in [-0.15, -0.1) is 0 Å². The summed E-state index contributed by atoms with van der Waals surface area (Å²) in [5.41, 5.74) is 0.366. The van der Waals surface area contributed by atoms with Crippen LogP contribution in [0.3, 0.4) is 0 Å². The number of hydrogen-bond acceptors (Lipinski definition) is 4. The van der Waals surface area contributed by atoms with Crippen molar-refractivity contribution in [2.45, 2.75) is 6.54 Å². The Bertz CT molecular complexity index is 836. The molecule has 3 rings (SSSR count). The summed E-state index contributed by atoms with van der Waals surface area (Å²) in [5.74, 6) is 0. The molecule has 0 aliphatic heterocycles. The Morgan fingerprint density at radius 1 is 1.16 bits per heavy atom. The average Bonchev–Trinajstić information content (AvgIpc) is 2.44. The minimum absolute atomic E-state index is 0.134. The van der Waals surface area contributed by atoms with Gasteiger partial charge in [0.1, 0.15) is 5.52 Å². The predicted octanol–water partition coefficient (Wildman–Crippen LogP) is 0.528. The van der Waals surface area contributed by atoms with Crippen molar-refractivity contribution >= 4 is 10.9 Å². The summed E-state index contributed by atoms with van der Waals surface area (Å²) < 4.78 is 1.30. The third-order valence-corrected chi connectivity index (χ3v) is 2.83. The highest BCUT2D eigenvalue weighted by molar-refractivity contribution is 5.74. The van der Waals surface area contributed by atoms with Gasteiger partial charge in [-0.3, -0.25) is 9.59 Å². The van der Waals surface area contributed by atoms with Gasteiger partial charge in [-0.25, -0.2) is 9.67 Å². The maximum atomic E-state index is 12.2. The maximum absolute atomic E-state index is 12.2. The zero-order valence-corrected chi connectivity index (χ0v) is 9.91. The molecule has 0 aliphatic carbocycles. The normalized spacial score (nSPS) is 10.7. The third-order valence-electron chi connectivity index (χ3n) is 2.83. The highest BCUT2D eigenvalue weighted by Gasteiger charge is 2.07. The molecule has 0 bridgehead atoms. The molecule has 0 saturated carbocycles. The molecule has 0 aliphatic rings. The largest absolute Gasteiger partial charge is 0.313 e. The number of aromatic amines is 1. The van der Waals surface area contributed by atoms with Crippen LogP contribution in [0.2, 0.25) is 0 Å². The summed E-state index contributed by atoms with van der Waals surface area (Å²) in [4.78, 5) is 30.0. The van der Waals surface area contributed by atoms with E-state index in [9.17, 15) is 9.59 Å². The van der Waals surface area contributed by atoms with Crippen LogP contribution in [0.25, 0.3) is 10.9 Å². The molecule has 0 fully saturated rings. The number of hydrogen-bond donors (Lipinski definition) is 1. The Balaban J connectivity index is 2.14. The van der Waals surface area contributed by atoms with Crippen molar-refractivity contribution in [3.63, 3.8) is 0 Å². The fourth-order valence-electron chi connectivity index (χ4n) is 1.87. The highest BCUT2D eigenvalue weighted by Crippen LogP contribution is 2.01. The molecule has 6 heteroatoms. The third kappa shape index (κ3) is 2.03. The molecule has 3 aromatic rings. The molecule has 1 aromatic carbocycles. The molecule has 0 spiro atoms. The second-order valence-corrected chi connectivity index (χ2v) is 4.09. The van der Waals surface area contributed by atoms with E-state index >= 15 is 0 Å². The Labute approximate surface area is 107 Å². The Hall–Kier alpha value is -2.76. The molecule has 0 atom stereocenters. The van der Waals surface area contributed by atoms with Gasteiger partial charge in [0.2, 0.25) is 0 Å². The first-order chi connectivity index (χ1) is 9.25. The van der Waals surface area contributed by atoms with Crippen LogP contribution >= 0.6 is 0 Å². The molecular formula is C13H10N4O2. The number of aromatic nitrogens is 4. The smallest absolute Gasteiger partial charge is 0.293 e. The van der Waals surface area contributed by atoms with Crippen LogP contribution < -0.4 is 11.1 Å². The van der Waals surface area contributed by atoms with E-state index in [0.29, 0.717) is 6.54 Å². The van der Waals surface area contributed by atoms with E-state index in [2.05, 4.69) is 15.1 Å². The van der Waals surface area contributed by atoms with Crippen molar-refractivity contribution in [2.24, 2.45) is 0 Å². The Morgan fingerprint density at radius 2 is 1.95 bits per heavy atom. The van der Waals surface area contributed by atoms with E-state index < -0.39 is 0 Å². The zero-order valence-electron chi connectivity index (χ0n) is 9.91. The number of rotatable bonds is 2. The quantitative estimate of drug-likeness (QED) is 0.723. The second-order valence-electron chi connectivity index (χ2n) is 4.09. The fraction of sp³-hybridized carbons (Fsp3) is 0.0769. The number of nitrogens with one attached hydrogen (secondary N) is 1. The average molecular weight is 254 g/mol. The lowest BCUT2D eigenvalue weighted by atomic mass is 10.2. The van der Waals surface area contributed by atoms with Crippen molar-refractivity contribution in [2.75, 3.05) is 0 Å². The first kappa shape index (κ1) is 11.3. The van der Waals surface area contributed by atoms with E-state index in [1.54, 1.807) is 0 Å². The molecular weight excluding hydrogens is 244 g/mol. The lowest BCUT2D eigenvalue weighted by Crippen LogP contribution is -2.26. The molecule has 6 nitrogen and oxygen atoms in total. The summed E-state index contributed by atoms with van der Waals surface area (Å²) in [6.07, 6.45) is 2.59. The summed E-state index contributed by atoms with van der Waals surface area (Å²) in [5, 5.41) is 4.21. The van der Waals surface area contributed by atoms with Crippen molar-refractivity contribution in [1.29, 1.82) is 0 Å². The molecule has 1 N–H and O–H groups in total. The molecule has 0 radical (unpaired) electrons. The first-order valence-electron chi connectivity index (χ1n) is 5.73. The van der Waals surface area contributed by atoms with Gasteiger partial charge < -0.3 is 4.98 Å². The molecule has 0 amide bonds. The van der Waals surface area contributed by atoms with E-state index in [4.69, 9.17) is 0 Å². The van der Waals surface area contributed by atoms with Crippen LogP contribution in [0, 0.1) is 0 Å². The molecule has 2 aromatic heterocycles. The summed E-state index contributed by atoms with van der Waals surface area (Å²) in [6.45, 7) is 0.351. The van der Waals surface area contributed by atoms with Gasteiger partial charge in [0, 0.05) is 0 Å². The van der Waals surface area contributed by atoms with Crippen LogP contribution in [0.5, 0.6) is 0 Å². The van der Waals surface area contributed by atoms with E-state index in [1.165, 1.54) is 17.2 Å². The minimum atomic E-state index is -0.368. The fourth-order valence-corrected chi connectivity index (χ4v) is 1.87. The van der Waals surface area contributed by atoms with Gasteiger partial charge in [0.05, 0.1) is 24.5 Å². The highest BCUT2D eigenvalue weighted by atomic mass is 16.1. The molecule has 0 unspecified atom stereocenters. The minimum Gasteiger partial charge on any atom is -0.313 e. The second kappa shape index (κ2) is 4.49. The SMILES string of the molecule is O=c1[nH]cnc2c(=O)n(Cc3ccccc3)ncc12. The van der Waals surface area contributed by atoms with Gasteiger partial charge in [0.15, 0.2) is 0 Å². The standard InChI is InChI=1S/C13H10N4O2/c18-12-10-6-16-17(7-9-4-2-1-3-5-9)13(19)11(10)14-8-15-12/h1-6,8H,7H2,(H,14,15,18). The number of nitrogens with zero attached hydrogens (tertiary/aromatic N) is 3. The lowest BCUT2D eigenvalue weighted by Gasteiger charge is -2.04. The maximum Gasteiger partial charge on any atom is 0.293 e. The van der Waals surface area contributed by atoms with Crippen LogP contribution in [0.15, 0.2) is 52.4 Å². The summed E-state index contributed by atoms with van der Waals surface area (Å²) in [7, 11) is 0. The zero-order chi connectivity index (χ0) is 13.2. The van der Waals surface area contributed by atoms with Gasteiger partial charge in [-0.2, -0.15) is 5.10 Å². The van der Waals surface area contributed by atoms with Crippen molar-refractivity contribution in [3.05, 3.63) is 69.1 Å². The number of fused-ring (bicyclic) bond motifs is 1. The van der Waals surface area contributed by atoms with Crippen LogP contribution in [-0.4, -0.2) is 19.7 Å². The van der Waals surface area contributed by atoms with E-state index in [0.717, 1.165) is 5.56 Å². The summed E-state index contributed by atoms with van der Waals surface area (Å²) in [6, 6.07) is 9.50. The van der Waals surface area contributed by atoms with Crippen LogP contribution in [0.1, 0.15) is 5.56 Å². The Kier molecular flexibility index (Phi) is 2.68. The first-order valence-corrected chi connectivity index (χ1v) is 5.73. The van der Waals surface area contributed by atoms with Gasteiger partial charge in [-0.05, 0) is 5.56 Å². The van der Waals surface area contributed by atoms with Crippen molar-refractivity contribution in [1.82, 2.24) is 19.7 Å². The lowest BCUT2D eigenvalue weighted by molar-refractivity contribution is 0.645. The van der Waals surface area contributed by atoms with E-state index in [-0.39, 0.29) is 22.0 Å². The molecule has 0 saturated heterocycles. The summed E-state index contributed by atoms with van der Waals surface area (Å²) >= 11 is 0. The molecule has 19 heavy (non-hydrogen) atoms. The van der Waals surface area contributed by atoms with Gasteiger partial charge in [0.25, 0.3) is 11.1 Å².